The molecule has 2 heterocycles. The van der Waals surface area contributed by atoms with E-state index in [4.69, 9.17) is 4.74 Å². The van der Waals surface area contributed by atoms with Crippen LogP contribution in [0, 0.1) is 5.92 Å². The minimum Gasteiger partial charge on any atom is -0.456 e. The lowest BCUT2D eigenvalue weighted by molar-refractivity contribution is -0.148. The van der Waals surface area contributed by atoms with Gasteiger partial charge in [0.2, 0.25) is 23.6 Å². The van der Waals surface area contributed by atoms with Crippen molar-refractivity contribution in [3.05, 3.63) is 12.2 Å². The van der Waals surface area contributed by atoms with Crippen LogP contribution in [0.2, 0.25) is 0 Å². The normalized spacial score (nSPS) is 30.3. The van der Waals surface area contributed by atoms with Gasteiger partial charge in [0.25, 0.3) is 0 Å². The SMILES string of the molecule is CC(C)[C@H]1NC(=O)[C@H]2CSSCC/C=C/[C@H](CC(=O)N[C@H](C)C(=O)N2)OC(=O)CNC1=O. The maximum absolute atomic E-state index is 13.0. The third-order valence-corrected chi connectivity index (χ3v) is 7.21. The van der Waals surface area contributed by atoms with Crippen molar-refractivity contribution in [2.75, 3.05) is 18.1 Å². The molecule has 1 saturated heterocycles. The summed E-state index contributed by atoms with van der Waals surface area (Å²) in [4.78, 5) is 62.9. The summed E-state index contributed by atoms with van der Waals surface area (Å²) in [6, 6.07) is -2.71. The Morgan fingerprint density at radius 3 is 2.47 bits per heavy atom. The molecular formula is C20H30N4O6S2. The summed E-state index contributed by atoms with van der Waals surface area (Å²) in [5, 5.41) is 10.4. The minimum atomic E-state index is -0.905. The number of hydrogen-bond donors (Lipinski definition) is 4. The van der Waals surface area contributed by atoms with Crippen molar-refractivity contribution in [1.82, 2.24) is 21.3 Å². The maximum atomic E-state index is 13.0. The molecule has 0 saturated carbocycles. The molecule has 0 aromatic rings. The Hall–Kier alpha value is -2.21. The molecule has 0 spiro atoms. The van der Waals surface area contributed by atoms with E-state index >= 15 is 0 Å². The first-order chi connectivity index (χ1) is 15.2. The van der Waals surface area contributed by atoms with Crippen LogP contribution in [0.1, 0.15) is 33.6 Å². The largest absolute Gasteiger partial charge is 0.456 e. The second-order valence-corrected chi connectivity index (χ2v) is 10.5. The van der Waals surface area contributed by atoms with Crippen LogP contribution in [0.3, 0.4) is 0 Å². The fourth-order valence-electron chi connectivity index (χ4n) is 2.99. The number of esters is 1. The smallest absolute Gasteiger partial charge is 0.326 e. The van der Waals surface area contributed by atoms with Crippen molar-refractivity contribution in [3.63, 3.8) is 0 Å². The Morgan fingerprint density at radius 1 is 1.00 bits per heavy atom. The molecule has 4 atom stereocenters. The van der Waals surface area contributed by atoms with E-state index in [9.17, 15) is 24.0 Å². The van der Waals surface area contributed by atoms with Crippen LogP contribution in [-0.4, -0.2) is 71.9 Å². The Kier molecular flexibility index (Phi) is 10.4. The van der Waals surface area contributed by atoms with Crippen molar-refractivity contribution in [3.8, 4) is 0 Å². The molecule has 0 radical (unpaired) electrons. The molecule has 12 heteroatoms. The van der Waals surface area contributed by atoms with Gasteiger partial charge in [0.15, 0.2) is 0 Å². The summed E-state index contributed by atoms with van der Waals surface area (Å²) in [6.07, 6.45) is 3.12. The van der Waals surface area contributed by atoms with Gasteiger partial charge in [-0.2, -0.15) is 0 Å². The number of carbonyl (C=O) groups is 5. The predicted molar refractivity (Wildman–Crippen MR) is 122 cm³/mol. The van der Waals surface area contributed by atoms with E-state index in [1.54, 1.807) is 19.9 Å². The molecule has 32 heavy (non-hydrogen) atoms. The van der Waals surface area contributed by atoms with E-state index in [1.807, 2.05) is 6.08 Å². The van der Waals surface area contributed by atoms with Crippen LogP contribution >= 0.6 is 21.6 Å². The second-order valence-electron chi connectivity index (χ2n) is 7.85. The standard InChI is InChI=1S/C20H30N4O6S2/c1-11(2)17-20(29)21-9-16(26)30-13-6-4-5-7-31-32-10-14(19(28)24-17)23-18(27)12(3)22-15(25)8-13/h4,6,11-14,17H,5,7-10H2,1-3H3,(H,21,29)(H,22,25)(H,23,27)(H,24,28)/b6-4+/t12-,13-,14-,17-/m1/s1. The van der Waals surface area contributed by atoms with Crippen LogP contribution in [0.5, 0.6) is 0 Å². The zero-order valence-corrected chi connectivity index (χ0v) is 20.0. The first-order valence-electron chi connectivity index (χ1n) is 10.5. The van der Waals surface area contributed by atoms with Gasteiger partial charge in [0.05, 0.1) is 6.42 Å². The first kappa shape index (κ1) is 26.0. The van der Waals surface area contributed by atoms with Crippen molar-refractivity contribution in [2.24, 2.45) is 5.92 Å². The topological polar surface area (TPSA) is 143 Å². The molecule has 0 unspecified atom stereocenters. The number of nitrogens with one attached hydrogen (secondary N) is 4. The zero-order valence-electron chi connectivity index (χ0n) is 18.3. The molecule has 2 aliphatic rings. The van der Waals surface area contributed by atoms with Crippen molar-refractivity contribution in [2.45, 2.75) is 57.8 Å². The van der Waals surface area contributed by atoms with Crippen molar-refractivity contribution in [1.29, 1.82) is 0 Å². The fraction of sp³-hybridized carbons (Fsp3) is 0.650. The molecule has 0 aliphatic carbocycles. The molecule has 2 rings (SSSR count). The summed E-state index contributed by atoms with van der Waals surface area (Å²) in [5.41, 5.74) is 0. The molecule has 178 valence electrons. The molecule has 2 aliphatic heterocycles. The van der Waals surface area contributed by atoms with Gasteiger partial charge in [-0.1, -0.05) is 41.5 Å². The lowest BCUT2D eigenvalue weighted by Gasteiger charge is -2.26. The van der Waals surface area contributed by atoms with Gasteiger partial charge in [-0.25, -0.2) is 0 Å². The van der Waals surface area contributed by atoms with Gasteiger partial charge in [-0.3, -0.25) is 24.0 Å². The maximum Gasteiger partial charge on any atom is 0.326 e. The number of carbonyl (C=O) groups excluding carboxylic acids is 5. The highest BCUT2D eigenvalue weighted by Crippen LogP contribution is 2.23. The predicted octanol–water partition coefficient (Wildman–Crippen LogP) is -0.110. The van der Waals surface area contributed by atoms with Gasteiger partial charge in [0.1, 0.15) is 30.8 Å². The Labute approximate surface area is 195 Å². The van der Waals surface area contributed by atoms with Crippen LogP contribution in [0.15, 0.2) is 12.2 Å². The summed E-state index contributed by atoms with van der Waals surface area (Å²) in [7, 11) is 2.96. The number of rotatable bonds is 1. The molecule has 10 nitrogen and oxygen atoms in total. The highest BCUT2D eigenvalue weighted by Gasteiger charge is 2.31. The lowest BCUT2D eigenvalue weighted by atomic mass is 10.0. The number of fused-ring (bicyclic) bond motifs is 7. The summed E-state index contributed by atoms with van der Waals surface area (Å²) < 4.78 is 5.36. The Balaban J connectivity index is 2.39. The number of amides is 4. The summed E-state index contributed by atoms with van der Waals surface area (Å²) in [6.45, 7) is 4.64. The van der Waals surface area contributed by atoms with E-state index in [0.717, 1.165) is 5.75 Å². The van der Waals surface area contributed by atoms with Crippen LogP contribution in [0.4, 0.5) is 0 Å². The molecule has 2 bridgehead atoms. The van der Waals surface area contributed by atoms with Gasteiger partial charge < -0.3 is 26.0 Å². The third kappa shape index (κ3) is 8.38. The van der Waals surface area contributed by atoms with E-state index in [1.165, 1.54) is 28.5 Å². The average Bonchev–Trinajstić information content (AvgIpc) is 2.72. The average molecular weight is 487 g/mol. The van der Waals surface area contributed by atoms with Crippen molar-refractivity contribution >= 4 is 51.2 Å². The van der Waals surface area contributed by atoms with E-state index in [-0.39, 0.29) is 18.1 Å². The van der Waals surface area contributed by atoms with Gasteiger partial charge >= 0.3 is 5.97 Å². The summed E-state index contributed by atoms with van der Waals surface area (Å²) >= 11 is 0. The van der Waals surface area contributed by atoms with Gasteiger partial charge in [-0.15, -0.1) is 0 Å². The molecule has 0 aromatic carbocycles. The van der Waals surface area contributed by atoms with E-state index in [0.29, 0.717) is 6.42 Å². The number of hydrogen-bond acceptors (Lipinski definition) is 8. The molecule has 1 fully saturated rings. The molecule has 4 N–H and O–H groups in total. The zero-order chi connectivity index (χ0) is 23.7. The Bertz CT molecular complexity index is 760. The monoisotopic (exact) mass is 486 g/mol. The highest BCUT2D eigenvalue weighted by atomic mass is 33.1. The van der Waals surface area contributed by atoms with Crippen LogP contribution in [0.25, 0.3) is 0 Å². The number of ether oxygens (including phenoxy) is 1. The fourth-order valence-corrected chi connectivity index (χ4v) is 5.14. The molecule has 4 amide bonds. The quantitative estimate of drug-likeness (QED) is 0.228. The first-order valence-corrected chi connectivity index (χ1v) is 12.9. The van der Waals surface area contributed by atoms with Crippen LogP contribution in [-0.2, 0) is 28.7 Å². The summed E-state index contributed by atoms with van der Waals surface area (Å²) in [5.74, 6) is -2.02. The van der Waals surface area contributed by atoms with E-state index in [2.05, 4.69) is 21.3 Å². The van der Waals surface area contributed by atoms with Crippen LogP contribution < -0.4 is 21.3 Å². The number of allylic oxidation sites excluding steroid dienone is 1. The van der Waals surface area contributed by atoms with E-state index < -0.39 is 60.4 Å². The molecular weight excluding hydrogens is 456 g/mol. The second kappa shape index (κ2) is 12.7. The van der Waals surface area contributed by atoms with Crippen molar-refractivity contribution < 1.29 is 28.7 Å². The Morgan fingerprint density at radius 2 is 1.75 bits per heavy atom. The molecule has 0 aromatic heterocycles. The highest BCUT2D eigenvalue weighted by molar-refractivity contribution is 8.76. The van der Waals surface area contributed by atoms with Gasteiger partial charge in [-0.05, 0) is 25.3 Å². The lowest BCUT2D eigenvalue weighted by Crippen LogP contribution is -2.58. The minimum absolute atomic E-state index is 0.172. The van der Waals surface area contributed by atoms with Gasteiger partial charge in [0, 0.05) is 11.5 Å². The third-order valence-electron chi connectivity index (χ3n) is 4.76.